The van der Waals surface area contributed by atoms with Gasteiger partial charge in [-0.1, -0.05) is 0 Å². The van der Waals surface area contributed by atoms with Crippen molar-refractivity contribution < 1.29 is 4.79 Å². The van der Waals surface area contributed by atoms with Crippen LogP contribution in [0.2, 0.25) is 0 Å². The first kappa shape index (κ1) is 15.0. The molecule has 1 aliphatic rings. The molecule has 22 heavy (non-hydrogen) atoms. The predicted molar refractivity (Wildman–Crippen MR) is 84.8 cm³/mol. The van der Waals surface area contributed by atoms with Crippen molar-refractivity contribution in [3.8, 4) is 0 Å². The summed E-state index contributed by atoms with van der Waals surface area (Å²) in [4.78, 5) is 17.0. The van der Waals surface area contributed by atoms with E-state index in [9.17, 15) is 4.79 Å². The molecule has 0 saturated carbocycles. The van der Waals surface area contributed by atoms with E-state index in [1.807, 2.05) is 30.3 Å². The Morgan fingerprint density at radius 3 is 3.05 bits per heavy atom. The largest absolute Gasteiger partial charge is 0.341 e. The number of carbonyl (C=O) groups excluding carboxylic acids is 1. The minimum absolute atomic E-state index is 0.0154. The summed E-state index contributed by atoms with van der Waals surface area (Å²) in [6.07, 6.45) is 4.62. The monoisotopic (exact) mass is 301 g/mol. The molecule has 0 bridgehead atoms. The van der Waals surface area contributed by atoms with Crippen LogP contribution in [0.3, 0.4) is 0 Å². The highest BCUT2D eigenvalue weighted by atomic mass is 16.2. The van der Waals surface area contributed by atoms with Crippen molar-refractivity contribution in [2.75, 3.05) is 26.7 Å². The van der Waals surface area contributed by atoms with Gasteiger partial charge >= 0.3 is 0 Å². The van der Waals surface area contributed by atoms with Gasteiger partial charge in [0.15, 0.2) is 5.65 Å². The first-order valence-electron chi connectivity index (χ1n) is 7.84. The van der Waals surface area contributed by atoms with Gasteiger partial charge in [0, 0.05) is 32.4 Å². The molecule has 3 heterocycles. The first-order chi connectivity index (χ1) is 10.6. The number of aromatic nitrogens is 3. The zero-order valence-corrected chi connectivity index (χ0v) is 13.4. The van der Waals surface area contributed by atoms with E-state index < -0.39 is 0 Å². The molecule has 1 atom stereocenters. The normalized spacial score (nSPS) is 19.2. The van der Waals surface area contributed by atoms with E-state index in [4.69, 9.17) is 0 Å². The quantitative estimate of drug-likeness (QED) is 0.859. The maximum absolute atomic E-state index is 12.7. The molecule has 0 aromatic carbocycles. The SMILES string of the molecule is CC(C)N1CCC(CN(C)C(=O)c2cccn3cnnc23)C1. The summed E-state index contributed by atoms with van der Waals surface area (Å²) in [5.41, 5.74) is 1.23. The summed E-state index contributed by atoms with van der Waals surface area (Å²) in [6, 6.07) is 4.25. The molecule has 0 radical (unpaired) electrons. The molecular formula is C16H23N5O. The van der Waals surface area contributed by atoms with Gasteiger partial charge in [-0.2, -0.15) is 0 Å². The first-order valence-corrected chi connectivity index (χ1v) is 7.84. The van der Waals surface area contributed by atoms with E-state index in [0.29, 0.717) is 23.2 Å². The number of fused-ring (bicyclic) bond motifs is 1. The fourth-order valence-corrected chi connectivity index (χ4v) is 3.17. The zero-order chi connectivity index (χ0) is 15.7. The second-order valence-electron chi connectivity index (χ2n) is 6.41. The molecule has 118 valence electrons. The molecule has 6 nitrogen and oxygen atoms in total. The molecule has 2 aromatic heterocycles. The van der Waals surface area contributed by atoms with Crippen LogP contribution < -0.4 is 0 Å². The van der Waals surface area contributed by atoms with Gasteiger partial charge in [-0.15, -0.1) is 10.2 Å². The summed E-state index contributed by atoms with van der Waals surface area (Å²) >= 11 is 0. The van der Waals surface area contributed by atoms with Gasteiger partial charge in [0.05, 0.1) is 5.56 Å². The Balaban J connectivity index is 1.69. The molecule has 0 aliphatic carbocycles. The molecule has 1 aliphatic heterocycles. The van der Waals surface area contributed by atoms with Crippen LogP contribution >= 0.6 is 0 Å². The molecule has 1 amide bonds. The van der Waals surface area contributed by atoms with Crippen LogP contribution in [0.5, 0.6) is 0 Å². The molecule has 0 N–H and O–H groups in total. The number of rotatable bonds is 4. The molecule has 2 aromatic rings. The van der Waals surface area contributed by atoms with Crippen LogP contribution in [0.15, 0.2) is 24.7 Å². The van der Waals surface area contributed by atoms with Gasteiger partial charge < -0.3 is 9.80 Å². The van der Waals surface area contributed by atoms with Crippen LogP contribution in [-0.2, 0) is 0 Å². The van der Waals surface area contributed by atoms with Crippen molar-refractivity contribution in [2.24, 2.45) is 5.92 Å². The van der Waals surface area contributed by atoms with Crippen LogP contribution in [0.1, 0.15) is 30.6 Å². The van der Waals surface area contributed by atoms with Crippen molar-refractivity contribution in [3.63, 3.8) is 0 Å². The van der Waals surface area contributed by atoms with Crippen LogP contribution in [0, 0.1) is 5.92 Å². The lowest BCUT2D eigenvalue weighted by Crippen LogP contribution is -2.34. The van der Waals surface area contributed by atoms with Crippen molar-refractivity contribution in [3.05, 3.63) is 30.2 Å². The number of likely N-dealkylation sites (tertiary alicyclic amines) is 1. The highest BCUT2D eigenvalue weighted by Crippen LogP contribution is 2.20. The highest BCUT2D eigenvalue weighted by Gasteiger charge is 2.27. The predicted octanol–water partition coefficient (Wildman–Crippen LogP) is 1.53. The highest BCUT2D eigenvalue weighted by molar-refractivity contribution is 5.99. The molecular weight excluding hydrogens is 278 g/mol. The molecule has 3 rings (SSSR count). The Kier molecular flexibility index (Phi) is 4.11. The molecule has 6 heteroatoms. The van der Waals surface area contributed by atoms with Crippen molar-refractivity contribution in [1.29, 1.82) is 0 Å². The summed E-state index contributed by atoms with van der Waals surface area (Å²) in [5, 5.41) is 7.92. The Morgan fingerprint density at radius 1 is 1.50 bits per heavy atom. The second-order valence-corrected chi connectivity index (χ2v) is 6.41. The lowest BCUT2D eigenvalue weighted by molar-refractivity contribution is 0.0774. The van der Waals surface area contributed by atoms with Crippen molar-refractivity contribution >= 4 is 11.6 Å². The van der Waals surface area contributed by atoms with E-state index in [1.165, 1.54) is 0 Å². The average Bonchev–Trinajstić information content (AvgIpc) is 3.14. The van der Waals surface area contributed by atoms with Crippen molar-refractivity contribution in [2.45, 2.75) is 26.3 Å². The van der Waals surface area contributed by atoms with E-state index in [1.54, 1.807) is 10.7 Å². The minimum Gasteiger partial charge on any atom is -0.341 e. The average molecular weight is 301 g/mol. The molecule has 1 fully saturated rings. The minimum atomic E-state index is 0.0154. The van der Waals surface area contributed by atoms with Crippen LogP contribution in [0.4, 0.5) is 0 Å². The van der Waals surface area contributed by atoms with Gasteiger partial charge in [0.2, 0.25) is 0 Å². The van der Waals surface area contributed by atoms with Crippen LogP contribution in [0.25, 0.3) is 5.65 Å². The summed E-state index contributed by atoms with van der Waals surface area (Å²) in [6.45, 7) is 7.44. The fraction of sp³-hybridized carbons (Fsp3) is 0.562. The van der Waals surface area contributed by atoms with Crippen LogP contribution in [-0.4, -0.2) is 63.0 Å². The van der Waals surface area contributed by atoms with E-state index in [-0.39, 0.29) is 5.91 Å². The third-order valence-electron chi connectivity index (χ3n) is 4.48. The standard InChI is InChI=1S/C16H23N5O/c1-12(2)20-8-6-13(10-20)9-19(3)16(22)14-5-4-7-21-11-17-18-15(14)21/h4-5,7,11-13H,6,8-10H2,1-3H3. The molecule has 1 saturated heterocycles. The Bertz CT molecular complexity index is 665. The number of hydrogen-bond donors (Lipinski definition) is 0. The van der Waals surface area contributed by atoms with Crippen molar-refractivity contribution in [1.82, 2.24) is 24.4 Å². The maximum Gasteiger partial charge on any atom is 0.257 e. The summed E-state index contributed by atoms with van der Waals surface area (Å²) in [5.74, 6) is 0.565. The van der Waals surface area contributed by atoms with E-state index >= 15 is 0 Å². The lowest BCUT2D eigenvalue weighted by atomic mass is 10.1. The number of hydrogen-bond acceptors (Lipinski definition) is 4. The van der Waals surface area contributed by atoms with Gasteiger partial charge in [0.1, 0.15) is 6.33 Å². The number of carbonyl (C=O) groups is 1. The second kappa shape index (κ2) is 6.04. The zero-order valence-electron chi connectivity index (χ0n) is 13.4. The van der Waals surface area contributed by atoms with Gasteiger partial charge in [-0.3, -0.25) is 9.20 Å². The topological polar surface area (TPSA) is 53.7 Å². The Labute approximate surface area is 130 Å². The molecule has 1 unspecified atom stereocenters. The van der Waals surface area contributed by atoms with Gasteiger partial charge in [-0.25, -0.2) is 0 Å². The molecule has 0 spiro atoms. The maximum atomic E-state index is 12.7. The van der Waals surface area contributed by atoms with E-state index in [0.717, 1.165) is 26.1 Å². The smallest absolute Gasteiger partial charge is 0.257 e. The van der Waals surface area contributed by atoms with E-state index in [2.05, 4.69) is 28.9 Å². The Morgan fingerprint density at radius 2 is 2.32 bits per heavy atom. The summed E-state index contributed by atoms with van der Waals surface area (Å²) < 4.78 is 1.77. The number of nitrogens with zero attached hydrogens (tertiary/aromatic N) is 5. The Hall–Kier alpha value is -1.95. The number of pyridine rings is 1. The lowest BCUT2D eigenvalue weighted by Gasteiger charge is -2.23. The number of amides is 1. The fourth-order valence-electron chi connectivity index (χ4n) is 3.17. The van der Waals surface area contributed by atoms with Gasteiger partial charge in [0.25, 0.3) is 5.91 Å². The van der Waals surface area contributed by atoms with Gasteiger partial charge in [-0.05, 0) is 44.9 Å². The third-order valence-corrected chi connectivity index (χ3v) is 4.48. The summed E-state index contributed by atoms with van der Waals surface area (Å²) in [7, 11) is 1.88. The third kappa shape index (κ3) is 2.83.